The standard InChI is InChI=1S/C20H19N3O.2ClH/c1-22-8-12-10-23(11-13(12)9-22)15-3-5-17-16-4-2-14(21)6-18(16)20(24)19(17)7-15;;/h2-8,13H,9-11,21H2,1H3;2*1H. The molecular formula is C20H21Cl2N3O. The van der Waals surface area contributed by atoms with E-state index in [0.717, 1.165) is 47.6 Å². The number of hydrogen-bond acceptors (Lipinski definition) is 4. The van der Waals surface area contributed by atoms with Crippen LogP contribution < -0.4 is 10.6 Å². The summed E-state index contributed by atoms with van der Waals surface area (Å²) in [5.74, 6) is 0.712. The zero-order valence-electron chi connectivity index (χ0n) is 14.4. The van der Waals surface area contributed by atoms with Gasteiger partial charge in [-0.05, 0) is 41.0 Å². The van der Waals surface area contributed by atoms with E-state index in [2.05, 4.69) is 41.2 Å². The van der Waals surface area contributed by atoms with Gasteiger partial charge >= 0.3 is 0 Å². The predicted molar refractivity (Wildman–Crippen MR) is 111 cm³/mol. The van der Waals surface area contributed by atoms with Gasteiger partial charge in [0.2, 0.25) is 0 Å². The van der Waals surface area contributed by atoms with Gasteiger partial charge in [0.05, 0.1) is 0 Å². The van der Waals surface area contributed by atoms with E-state index in [9.17, 15) is 4.79 Å². The monoisotopic (exact) mass is 389 g/mol. The first-order valence-corrected chi connectivity index (χ1v) is 8.34. The topological polar surface area (TPSA) is 49.6 Å². The fraction of sp³-hybridized carbons (Fsp3) is 0.250. The van der Waals surface area contributed by atoms with Gasteiger partial charge in [0.1, 0.15) is 0 Å². The number of nitrogen functional groups attached to an aromatic ring is 1. The van der Waals surface area contributed by atoms with Crippen LogP contribution in [0.4, 0.5) is 11.4 Å². The van der Waals surface area contributed by atoms with E-state index in [4.69, 9.17) is 5.73 Å². The van der Waals surface area contributed by atoms with E-state index >= 15 is 0 Å². The lowest BCUT2D eigenvalue weighted by molar-refractivity contribution is 0.104. The molecule has 4 nitrogen and oxygen atoms in total. The van der Waals surface area contributed by atoms with Crippen LogP contribution >= 0.6 is 24.8 Å². The maximum atomic E-state index is 12.8. The molecular weight excluding hydrogens is 369 g/mol. The Bertz CT molecular complexity index is 925. The molecule has 0 bridgehead atoms. The maximum Gasteiger partial charge on any atom is 0.194 e. The Hall–Kier alpha value is -2.17. The number of nitrogens with two attached hydrogens (primary N) is 1. The van der Waals surface area contributed by atoms with Gasteiger partial charge in [0.25, 0.3) is 0 Å². The first kappa shape index (κ1) is 18.6. The molecule has 0 aromatic heterocycles. The number of rotatable bonds is 1. The lowest BCUT2D eigenvalue weighted by Gasteiger charge is -2.21. The molecule has 5 rings (SSSR count). The van der Waals surface area contributed by atoms with Crippen LogP contribution in [-0.4, -0.2) is 37.4 Å². The van der Waals surface area contributed by atoms with Crippen LogP contribution in [0.2, 0.25) is 0 Å². The normalized spacial score (nSPS) is 19.3. The van der Waals surface area contributed by atoms with Crippen molar-refractivity contribution in [1.29, 1.82) is 0 Å². The van der Waals surface area contributed by atoms with Gasteiger partial charge in [0, 0.05) is 61.3 Å². The largest absolute Gasteiger partial charge is 0.399 e. The fourth-order valence-corrected chi connectivity index (χ4v) is 4.28. The van der Waals surface area contributed by atoms with E-state index in [0.29, 0.717) is 11.6 Å². The van der Waals surface area contributed by atoms with Gasteiger partial charge < -0.3 is 15.5 Å². The zero-order chi connectivity index (χ0) is 16.4. The SMILES string of the molecule is CN1C=C2CN(c3ccc4c(c3)C(=O)c3cc(N)ccc3-4)CC2C1.Cl.Cl. The average molecular weight is 390 g/mol. The van der Waals surface area contributed by atoms with Crippen LogP contribution in [0, 0.1) is 5.92 Å². The number of benzene rings is 2. The molecule has 2 heterocycles. The molecule has 2 aliphatic heterocycles. The predicted octanol–water partition coefficient (Wildman–Crippen LogP) is 3.59. The highest BCUT2D eigenvalue weighted by Gasteiger charge is 2.33. The molecule has 1 saturated heterocycles. The van der Waals surface area contributed by atoms with Crippen molar-refractivity contribution in [1.82, 2.24) is 4.90 Å². The van der Waals surface area contributed by atoms with Gasteiger partial charge in [-0.3, -0.25) is 4.79 Å². The number of hydrogen-bond donors (Lipinski definition) is 1. The van der Waals surface area contributed by atoms with Crippen molar-refractivity contribution >= 4 is 42.0 Å². The van der Waals surface area contributed by atoms with E-state index in [1.165, 1.54) is 5.57 Å². The molecule has 136 valence electrons. The Morgan fingerprint density at radius 1 is 0.962 bits per heavy atom. The minimum Gasteiger partial charge on any atom is -0.399 e. The number of carbonyl (C=O) groups excluding carboxylic acids is 1. The highest BCUT2D eigenvalue weighted by molar-refractivity contribution is 6.22. The Labute approximate surface area is 165 Å². The number of carbonyl (C=O) groups is 1. The second kappa shape index (κ2) is 6.53. The summed E-state index contributed by atoms with van der Waals surface area (Å²) in [5, 5.41) is 0. The summed E-state index contributed by atoms with van der Waals surface area (Å²) in [7, 11) is 2.13. The van der Waals surface area contributed by atoms with Crippen molar-refractivity contribution in [3.63, 3.8) is 0 Å². The fourth-order valence-electron chi connectivity index (χ4n) is 4.28. The third-order valence-corrected chi connectivity index (χ3v) is 5.42. The summed E-state index contributed by atoms with van der Waals surface area (Å²) in [6.45, 7) is 3.09. The molecule has 2 aromatic carbocycles. The molecule has 0 amide bonds. The van der Waals surface area contributed by atoms with Gasteiger partial charge in [-0.2, -0.15) is 0 Å². The second-order valence-electron chi connectivity index (χ2n) is 7.09. The smallest absolute Gasteiger partial charge is 0.194 e. The summed E-state index contributed by atoms with van der Waals surface area (Å²) in [5.41, 5.74) is 12.7. The Kier molecular flexibility index (Phi) is 4.67. The molecule has 1 fully saturated rings. The van der Waals surface area contributed by atoms with Crippen LogP contribution in [-0.2, 0) is 0 Å². The van der Waals surface area contributed by atoms with Crippen molar-refractivity contribution in [2.24, 2.45) is 5.92 Å². The Morgan fingerprint density at radius 3 is 2.38 bits per heavy atom. The minimum absolute atomic E-state index is 0. The van der Waals surface area contributed by atoms with Crippen LogP contribution in [0.1, 0.15) is 15.9 Å². The summed E-state index contributed by atoms with van der Waals surface area (Å²) in [6, 6.07) is 11.9. The van der Waals surface area contributed by atoms with Crippen LogP contribution in [0.5, 0.6) is 0 Å². The van der Waals surface area contributed by atoms with Gasteiger partial charge in [-0.15, -0.1) is 24.8 Å². The molecule has 1 aliphatic carbocycles. The third kappa shape index (κ3) is 2.65. The van der Waals surface area contributed by atoms with E-state index in [-0.39, 0.29) is 30.6 Å². The van der Waals surface area contributed by atoms with Crippen molar-refractivity contribution in [2.45, 2.75) is 0 Å². The molecule has 1 unspecified atom stereocenters. The summed E-state index contributed by atoms with van der Waals surface area (Å²) in [4.78, 5) is 17.4. The number of fused-ring (bicyclic) bond motifs is 4. The van der Waals surface area contributed by atoms with E-state index < -0.39 is 0 Å². The van der Waals surface area contributed by atoms with E-state index in [1.54, 1.807) is 6.07 Å². The van der Waals surface area contributed by atoms with E-state index in [1.807, 2.05) is 12.1 Å². The summed E-state index contributed by atoms with van der Waals surface area (Å²) < 4.78 is 0. The van der Waals surface area contributed by atoms with Crippen molar-refractivity contribution in [2.75, 3.05) is 37.3 Å². The molecule has 1 atom stereocenters. The van der Waals surface area contributed by atoms with Crippen LogP contribution in [0.15, 0.2) is 48.2 Å². The van der Waals surface area contributed by atoms with Gasteiger partial charge in [-0.1, -0.05) is 12.1 Å². The molecule has 0 spiro atoms. The molecule has 0 radical (unpaired) electrons. The lowest BCUT2D eigenvalue weighted by Crippen LogP contribution is -2.24. The number of anilines is 2. The Balaban J connectivity index is 0.000000980. The highest BCUT2D eigenvalue weighted by Crippen LogP contribution is 2.40. The average Bonchev–Trinajstić information content (AvgIpc) is 3.18. The van der Waals surface area contributed by atoms with Gasteiger partial charge in [0.15, 0.2) is 5.78 Å². The maximum absolute atomic E-state index is 12.8. The first-order valence-electron chi connectivity index (χ1n) is 8.34. The minimum atomic E-state index is 0. The highest BCUT2D eigenvalue weighted by atomic mass is 35.5. The first-order chi connectivity index (χ1) is 11.6. The van der Waals surface area contributed by atoms with Crippen LogP contribution in [0.25, 0.3) is 11.1 Å². The second-order valence-corrected chi connectivity index (χ2v) is 7.09. The van der Waals surface area contributed by atoms with Crippen molar-refractivity contribution < 1.29 is 4.79 Å². The van der Waals surface area contributed by atoms with Crippen molar-refractivity contribution in [3.05, 3.63) is 59.3 Å². The lowest BCUT2D eigenvalue weighted by atomic mass is 10.0. The Morgan fingerprint density at radius 2 is 1.65 bits per heavy atom. The third-order valence-electron chi connectivity index (χ3n) is 5.42. The number of halogens is 2. The quantitative estimate of drug-likeness (QED) is 0.646. The molecule has 26 heavy (non-hydrogen) atoms. The van der Waals surface area contributed by atoms with Crippen molar-refractivity contribution in [3.8, 4) is 11.1 Å². The van der Waals surface area contributed by atoms with Gasteiger partial charge in [-0.25, -0.2) is 0 Å². The summed E-state index contributed by atoms with van der Waals surface area (Å²) >= 11 is 0. The molecule has 6 heteroatoms. The number of ketones is 1. The zero-order valence-corrected chi connectivity index (χ0v) is 16.1. The van der Waals surface area contributed by atoms with Crippen LogP contribution in [0.3, 0.4) is 0 Å². The molecule has 2 N–H and O–H groups in total. The molecule has 2 aromatic rings. The number of nitrogens with zero attached hydrogens (tertiary/aromatic N) is 2. The molecule has 0 saturated carbocycles. The molecule has 3 aliphatic rings. The summed E-state index contributed by atoms with van der Waals surface area (Å²) in [6.07, 6.45) is 2.27.